The van der Waals surface area contributed by atoms with Crippen LogP contribution in [0, 0.1) is 0 Å². The number of hydrogen-bond acceptors (Lipinski definition) is 14. The molecule has 5 heterocycles. The molecule has 0 saturated carbocycles. The van der Waals surface area contributed by atoms with Crippen LogP contribution in [0.3, 0.4) is 0 Å². The molecule has 8 rings (SSSR count). The minimum Gasteiger partial charge on any atom is -0.494 e. The van der Waals surface area contributed by atoms with E-state index in [2.05, 4.69) is 51.7 Å². The van der Waals surface area contributed by atoms with Gasteiger partial charge >= 0.3 is 0 Å². The lowest BCUT2D eigenvalue weighted by Crippen LogP contribution is -2.52. The number of carbonyl (C=O) groups is 4. The zero-order valence-electron chi connectivity index (χ0n) is 38.3. The van der Waals surface area contributed by atoms with E-state index in [0.717, 1.165) is 72.7 Å². The summed E-state index contributed by atoms with van der Waals surface area (Å²) in [5.41, 5.74) is 5.70. The molecule has 6 aromatic rings. The molecule has 354 valence electrons. The number of amides is 4. The number of rotatable bonds is 23. The summed E-state index contributed by atoms with van der Waals surface area (Å²) in [4.78, 5) is 60.2. The van der Waals surface area contributed by atoms with E-state index in [1.165, 1.54) is 11.2 Å². The Morgan fingerprint density at radius 2 is 1.79 bits per heavy atom. The van der Waals surface area contributed by atoms with E-state index in [1.54, 1.807) is 30.5 Å². The normalized spacial score (nSPS) is 15.4. The van der Waals surface area contributed by atoms with Crippen molar-refractivity contribution in [2.24, 2.45) is 7.05 Å². The number of piperidine rings is 1. The van der Waals surface area contributed by atoms with Gasteiger partial charge in [-0.05, 0) is 99.5 Å². The average Bonchev–Trinajstić information content (AvgIpc) is 4.06. The van der Waals surface area contributed by atoms with Gasteiger partial charge in [-0.3, -0.25) is 29.2 Å². The number of aliphatic hydroxyl groups is 1. The van der Waals surface area contributed by atoms with Crippen molar-refractivity contribution in [3.05, 3.63) is 125 Å². The summed E-state index contributed by atoms with van der Waals surface area (Å²) in [5.74, 6) is 0.918. The first kappa shape index (κ1) is 47.0. The van der Waals surface area contributed by atoms with E-state index in [4.69, 9.17) is 4.74 Å². The summed E-state index contributed by atoms with van der Waals surface area (Å²) in [6.07, 6.45) is 11.7. The Morgan fingerprint density at radius 3 is 2.65 bits per heavy atom. The van der Waals surface area contributed by atoms with Crippen LogP contribution in [0.5, 0.6) is 5.75 Å². The van der Waals surface area contributed by atoms with Crippen LogP contribution >= 0.6 is 0 Å². The lowest BCUT2D eigenvalue weighted by molar-refractivity contribution is -0.136. The van der Waals surface area contributed by atoms with Gasteiger partial charge in [0.25, 0.3) is 11.8 Å². The van der Waals surface area contributed by atoms with Crippen molar-refractivity contribution >= 4 is 35.0 Å². The fraction of sp³-hybridized carbons (Fsp3) is 0.388. The van der Waals surface area contributed by atoms with E-state index in [-0.39, 0.29) is 36.7 Å². The fourth-order valence-corrected chi connectivity index (χ4v) is 8.46. The number of aryl methyl sites for hydroxylation is 2. The van der Waals surface area contributed by atoms with Crippen LogP contribution in [0.25, 0.3) is 11.5 Å². The Kier molecular flexibility index (Phi) is 15.4. The van der Waals surface area contributed by atoms with Gasteiger partial charge in [0.2, 0.25) is 11.8 Å². The molecule has 68 heavy (non-hydrogen) atoms. The third kappa shape index (κ3) is 11.9. The third-order valence-corrected chi connectivity index (χ3v) is 12.3. The smallest absolute Gasteiger partial charge is 0.255 e. The molecule has 3 atom stereocenters. The SMILES string of the molecule is C[C@@H](NC(=O)c1cccc(NCc2nnc(-c3ccncn3)n2C)c1)c1cccc(OCCCCCCCn2cc(CCCC(O)Nc3cccc4c3CN(C3CCC(=O)NC3=O)C4=O)nn2)c1. The minimum absolute atomic E-state index is 0.180. The van der Waals surface area contributed by atoms with Gasteiger partial charge in [0.05, 0.1) is 24.9 Å². The standard InChI is InChI=1S/C49H57N13O6/c1-32(53-47(65)34-13-8-14-35(26-34)51-28-43-57-58-46(60(43)2)41-22-23-50-31-52-41)33-12-9-16-37(27-33)68-25-7-5-3-4-6-24-61-29-36(56-59-61)15-10-19-44(63)54-40-18-11-17-38-39(40)30-62(49(38)67)42-20-21-45(64)55-48(42)66/h8-9,11-14,16-18,22-23,26-27,29,31-32,42,44,51,54,63H,3-7,10,15,19-21,24-25,28,30H2,1-2H3,(H,53,65)(H,55,64,66)/t32-,42?,44?/m1/s1. The molecule has 5 N–H and O–H groups in total. The number of hydrogen-bond donors (Lipinski definition) is 5. The number of ether oxygens (including phenoxy) is 1. The molecule has 1 saturated heterocycles. The third-order valence-electron chi connectivity index (χ3n) is 12.3. The highest BCUT2D eigenvalue weighted by Gasteiger charge is 2.40. The maximum atomic E-state index is 13.3. The zero-order chi connectivity index (χ0) is 47.4. The van der Waals surface area contributed by atoms with Crippen LogP contribution in [0.2, 0.25) is 0 Å². The highest BCUT2D eigenvalue weighted by Crippen LogP contribution is 2.33. The molecule has 4 amide bonds. The predicted molar refractivity (Wildman–Crippen MR) is 252 cm³/mol. The van der Waals surface area contributed by atoms with Gasteiger partial charge in [0.1, 0.15) is 30.0 Å². The van der Waals surface area contributed by atoms with E-state index in [9.17, 15) is 24.3 Å². The van der Waals surface area contributed by atoms with Gasteiger partial charge in [-0.15, -0.1) is 15.3 Å². The van der Waals surface area contributed by atoms with E-state index in [0.29, 0.717) is 67.2 Å². The summed E-state index contributed by atoms with van der Waals surface area (Å²) < 4.78 is 9.84. The first-order valence-electron chi connectivity index (χ1n) is 23.2. The molecule has 0 aliphatic carbocycles. The van der Waals surface area contributed by atoms with E-state index >= 15 is 0 Å². The summed E-state index contributed by atoms with van der Waals surface area (Å²) in [6.45, 7) is 3.98. The van der Waals surface area contributed by atoms with Crippen LogP contribution in [0.1, 0.15) is 114 Å². The molecule has 19 nitrogen and oxygen atoms in total. The van der Waals surface area contributed by atoms with Gasteiger partial charge in [-0.25, -0.2) is 9.97 Å². The summed E-state index contributed by atoms with van der Waals surface area (Å²) in [5, 5.41) is 39.9. The quantitative estimate of drug-likeness (QED) is 0.0303. The van der Waals surface area contributed by atoms with Gasteiger partial charge in [-0.1, -0.05) is 48.7 Å². The molecule has 2 aliphatic heterocycles. The van der Waals surface area contributed by atoms with Crippen molar-refractivity contribution in [1.82, 2.24) is 55.3 Å². The molecule has 3 aromatic heterocycles. The monoisotopic (exact) mass is 923 g/mol. The van der Waals surface area contributed by atoms with Crippen molar-refractivity contribution in [3.63, 3.8) is 0 Å². The molecular formula is C49H57N13O6. The number of unbranched alkanes of at least 4 members (excludes halogenated alkanes) is 4. The Bertz CT molecular complexity index is 2710. The van der Waals surface area contributed by atoms with Crippen LogP contribution in [0.15, 0.2) is 91.5 Å². The second-order valence-electron chi connectivity index (χ2n) is 17.2. The highest BCUT2D eigenvalue weighted by molar-refractivity contribution is 6.06. The Hall–Kier alpha value is -7.54. The molecular weight excluding hydrogens is 867 g/mol. The maximum absolute atomic E-state index is 13.3. The first-order chi connectivity index (χ1) is 33.1. The van der Waals surface area contributed by atoms with Gasteiger partial charge in [0.15, 0.2) is 11.6 Å². The molecule has 19 heteroatoms. The minimum atomic E-state index is -0.842. The van der Waals surface area contributed by atoms with Crippen molar-refractivity contribution < 1.29 is 29.0 Å². The fourth-order valence-electron chi connectivity index (χ4n) is 8.46. The predicted octanol–water partition coefficient (Wildman–Crippen LogP) is 5.51. The summed E-state index contributed by atoms with van der Waals surface area (Å²) in [6, 6.07) is 21.3. The number of benzene rings is 3. The van der Waals surface area contributed by atoms with Crippen LogP contribution in [-0.4, -0.2) is 92.2 Å². The average molecular weight is 924 g/mol. The van der Waals surface area contributed by atoms with E-state index in [1.807, 2.05) is 77.9 Å². The Labute approximate surface area is 394 Å². The van der Waals surface area contributed by atoms with Gasteiger partial charge < -0.3 is 35.3 Å². The van der Waals surface area contributed by atoms with Gasteiger partial charge in [0, 0.05) is 67.0 Å². The lowest BCUT2D eigenvalue weighted by atomic mass is 10.0. The van der Waals surface area contributed by atoms with Crippen molar-refractivity contribution in [2.45, 2.75) is 109 Å². The van der Waals surface area contributed by atoms with Crippen LogP contribution in [0.4, 0.5) is 11.4 Å². The first-order valence-corrected chi connectivity index (χ1v) is 23.2. The molecule has 3 aromatic carbocycles. The second kappa shape index (κ2) is 22.3. The number of aromatic nitrogens is 8. The number of anilines is 2. The zero-order valence-corrected chi connectivity index (χ0v) is 38.3. The summed E-state index contributed by atoms with van der Waals surface area (Å²) >= 11 is 0. The number of imide groups is 1. The van der Waals surface area contributed by atoms with Gasteiger partial charge in [-0.2, -0.15) is 0 Å². The molecule has 1 fully saturated rings. The Balaban J connectivity index is 0.685. The lowest BCUT2D eigenvalue weighted by Gasteiger charge is -2.29. The largest absolute Gasteiger partial charge is 0.494 e. The van der Waals surface area contributed by atoms with Crippen LogP contribution in [-0.2, 0) is 42.7 Å². The molecule has 2 aliphatic rings. The Morgan fingerprint density at radius 1 is 0.956 bits per heavy atom. The summed E-state index contributed by atoms with van der Waals surface area (Å²) in [7, 11) is 1.88. The van der Waals surface area contributed by atoms with E-state index < -0.39 is 18.2 Å². The van der Waals surface area contributed by atoms with Crippen molar-refractivity contribution in [3.8, 4) is 17.3 Å². The van der Waals surface area contributed by atoms with Crippen LogP contribution < -0.4 is 26.0 Å². The molecule has 0 bridgehead atoms. The van der Waals surface area contributed by atoms with Crippen molar-refractivity contribution in [1.29, 1.82) is 0 Å². The highest BCUT2D eigenvalue weighted by atomic mass is 16.5. The number of carbonyl (C=O) groups excluding carboxylic acids is 4. The number of nitrogens with one attached hydrogen (secondary N) is 4. The molecule has 0 radical (unpaired) electrons. The number of aliphatic hydroxyl groups excluding tert-OH is 1. The molecule has 2 unspecified atom stereocenters. The maximum Gasteiger partial charge on any atom is 0.255 e. The molecule has 0 spiro atoms. The van der Waals surface area contributed by atoms with Crippen molar-refractivity contribution in [2.75, 3.05) is 17.2 Å². The second-order valence-corrected chi connectivity index (χ2v) is 17.2. The topological polar surface area (TPSA) is 236 Å². The number of fused-ring (bicyclic) bond motifs is 1. The number of nitrogens with zero attached hydrogens (tertiary/aromatic N) is 9.